The van der Waals surface area contributed by atoms with Gasteiger partial charge in [-0.15, -0.1) is 11.3 Å². The largest absolute Gasteiger partial charge is 0.392 e. The van der Waals surface area contributed by atoms with Crippen LogP contribution >= 0.6 is 27.3 Å². The molecule has 0 amide bonds. The van der Waals surface area contributed by atoms with Crippen LogP contribution in [0.1, 0.15) is 11.3 Å². The van der Waals surface area contributed by atoms with Crippen LogP contribution in [0, 0.1) is 6.92 Å². The third-order valence-electron chi connectivity index (χ3n) is 2.59. The summed E-state index contributed by atoms with van der Waals surface area (Å²) in [5.41, 5.74) is 0. The molecule has 0 aliphatic carbocycles. The van der Waals surface area contributed by atoms with Crippen LogP contribution in [0.3, 0.4) is 0 Å². The summed E-state index contributed by atoms with van der Waals surface area (Å²) in [5, 5.41) is 9.37. The summed E-state index contributed by atoms with van der Waals surface area (Å²) >= 11 is 4.69. The third kappa shape index (κ3) is 2.19. The molecule has 2 rings (SSSR count). The van der Waals surface area contributed by atoms with Crippen LogP contribution in [0.5, 0.6) is 0 Å². The van der Waals surface area contributed by atoms with E-state index in [1.54, 1.807) is 13.0 Å². The summed E-state index contributed by atoms with van der Waals surface area (Å²) in [7, 11) is -3.43. The van der Waals surface area contributed by atoms with Crippen molar-refractivity contribution in [3.8, 4) is 0 Å². The lowest BCUT2D eigenvalue weighted by molar-refractivity contribution is 0.189. The lowest BCUT2D eigenvalue weighted by Crippen LogP contribution is -2.29. The van der Waals surface area contributed by atoms with Crippen LogP contribution in [0.2, 0.25) is 0 Å². The number of rotatable bonds is 2. The number of halogens is 1. The van der Waals surface area contributed by atoms with Gasteiger partial charge in [-0.3, -0.25) is 0 Å². The molecule has 1 aliphatic heterocycles. The quantitative estimate of drug-likeness (QED) is 0.898. The Kier molecular flexibility index (Phi) is 3.42. The van der Waals surface area contributed by atoms with Crippen molar-refractivity contribution >= 4 is 37.3 Å². The van der Waals surface area contributed by atoms with E-state index in [1.165, 1.54) is 15.6 Å². The van der Waals surface area contributed by atoms with E-state index >= 15 is 0 Å². The molecule has 7 heteroatoms. The van der Waals surface area contributed by atoms with E-state index < -0.39 is 16.1 Å². The number of thiophene rings is 1. The molecule has 1 fully saturated rings. The van der Waals surface area contributed by atoms with Gasteiger partial charge in [0.15, 0.2) is 0 Å². The summed E-state index contributed by atoms with van der Waals surface area (Å²) in [4.78, 5) is 1.12. The zero-order valence-electron chi connectivity index (χ0n) is 8.68. The molecule has 16 heavy (non-hydrogen) atoms. The first-order valence-electron chi connectivity index (χ1n) is 4.85. The van der Waals surface area contributed by atoms with Gasteiger partial charge >= 0.3 is 0 Å². The highest BCUT2D eigenvalue weighted by atomic mass is 79.9. The highest BCUT2D eigenvalue weighted by Crippen LogP contribution is 2.32. The van der Waals surface area contributed by atoms with Crippen LogP contribution in [0.15, 0.2) is 14.7 Å². The molecule has 0 bridgehead atoms. The Morgan fingerprint density at radius 2 is 2.31 bits per heavy atom. The topological polar surface area (TPSA) is 57.6 Å². The zero-order chi connectivity index (χ0) is 11.9. The molecular weight excluding hydrogens is 314 g/mol. The van der Waals surface area contributed by atoms with E-state index in [-0.39, 0.29) is 6.54 Å². The maximum absolute atomic E-state index is 12.2. The molecule has 90 valence electrons. The Morgan fingerprint density at radius 1 is 1.62 bits per heavy atom. The Labute approximate surface area is 107 Å². The molecule has 0 spiro atoms. The number of aliphatic hydroxyl groups is 1. The van der Waals surface area contributed by atoms with Crippen molar-refractivity contribution in [2.45, 2.75) is 24.3 Å². The van der Waals surface area contributed by atoms with Crippen molar-refractivity contribution in [1.29, 1.82) is 0 Å². The van der Waals surface area contributed by atoms with Gasteiger partial charge in [-0.2, -0.15) is 4.31 Å². The van der Waals surface area contributed by atoms with E-state index in [2.05, 4.69) is 15.9 Å². The Balaban J connectivity index is 2.36. The van der Waals surface area contributed by atoms with Gasteiger partial charge in [0.2, 0.25) is 10.0 Å². The SMILES string of the molecule is Cc1sc(Br)cc1S(=O)(=O)N1CCC(O)C1. The number of sulfonamides is 1. The lowest BCUT2D eigenvalue weighted by atomic mass is 10.3. The number of aryl methyl sites for hydroxylation is 1. The lowest BCUT2D eigenvalue weighted by Gasteiger charge is -2.15. The smallest absolute Gasteiger partial charge is 0.244 e. The minimum Gasteiger partial charge on any atom is -0.392 e. The van der Waals surface area contributed by atoms with Gasteiger partial charge in [-0.1, -0.05) is 0 Å². The fraction of sp³-hybridized carbons (Fsp3) is 0.556. The second-order valence-electron chi connectivity index (χ2n) is 3.78. The van der Waals surface area contributed by atoms with Gasteiger partial charge in [0.1, 0.15) is 0 Å². The predicted molar refractivity (Wildman–Crippen MR) is 66.1 cm³/mol. The molecule has 1 N–H and O–H groups in total. The van der Waals surface area contributed by atoms with Crippen molar-refractivity contribution in [3.05, 3.63) is 14.7 Å². The molecule has 1 unspecified atom stereocenters. The molecular formula is C9H12BrNO3S2. The second-order valence-corrected chi connectivity index (χ2v) is 8.32. The van der Waals surface area contributed by atoms with Crippen molar-refractivity contribution < 1.29 is 13.5 Å². The molecule has 1 saturated heterocycles. The van der Waals surface area contributed by atoms with Crippen molar-refractivity contribution in [2.75, 3.05) is 13.1 Å². The minimum absolute atomic E-state index is 0.204. The molecule has 0 aromatic carbocycles. The van der Waals surface area contributed by atoms with Gasteiger partial charge in [0.05, 0.1) is 14.8 Å². The standard InChI is InChI=1S/C9H12BrNO3S2/c1-6-8(4-9(10)15-6)16(13,14)11-3-2-7(12)5-11/h4,7,12H,2-3,5H2,1H3. The molecule has 4 nitrogen and oxygen atoms in total. The van der Waals surface area contributed by atoms with Crippen LogP contribution in [-0.4, -0.2) is 37.0 Å². The third-order valence-corrected chi connectivity index (χ3v) is 6.26. The average Bonchev–Trinajstić information content (AvgIpc) is 2.73. The average molecular weight is 326 g/mol. The van der Waals surface area contributed by atoms with Crippen LogP contribution in [0.25, 0.3) is 0 Å². The first-order chi connectivity index (χ1) is 7.41. The summed E-state index contributed by atoms with van der Waals surface area (Å²) in [5.74, 6) is 0. The molecule has 2 heterocycles. The first kappa shape index (κ1) is 12.5. The first-order valence-corrected chi connectivity index (χ1v) is 7.90. The van der Waals surface area contributed by atoms with E-state index in [1.807, 2.05) is 0 Å². The summed E-state index contributed by atoms with van der Waals surface area (Å²) in [6, 6.07) is 1.63. The molecule has 0 radical (unpaired) electrons. The number of nitrogens with zero attached hydrogens (tertiary/aromatic N) is 1. The van der Waals surface area contributed by atoms with E-state index in [9.17, 15) is 13.5 Å². The van der Waals surface area contributed by atoms with Crippen LogP contribution < -0.4 is 0 Å². The fourth-order valence-corrected chi connectivity index (χ4v) is 5.63. The van der Waals surface area contributed by atoms with Gasteiger partial charge in [0, 0.05) is 18.0 Å². The summed E-state index contributed by atoms with van der Waals surface area (Å²) < 4.78 is 26.6. The minimum atomic E-state index is -3.43. The summed E-state index contributed by atoms with van der Waals surface area (Å²) in [6.45, 7) is 2.39. The van der Waals surface area contributed by atoms with Crippen LogP contribution in [0.4, 0.5) is 0 Å². The predicted octanol–water partition coefficient (Wildman–Crippen LogP) is 1.57. The highest BCUT2D eigenvalue weighted by Gasteiger charge is 2.33. The fourth-order valence-electron chi connectivity index (χ4n) is 1.75. The van der Waals surface area contributed by atoms with Gasteiger partial charge in [-0.05, 0) is 35.3 Å². The van der Waals surface area contributed by atoms with Gasteiger partial charge in [0.25, 0.3) is 0 Å². The normalized spacial score (nSPS) is 22.8. The number of hydrogen-bond acceptors (Lipinski definition) is 4. The Bertz CT molecular complexity index is 497. The Hall–Kier alpha value is 0.0500. The van der Waals surface area contributed by atoms with Crippen molar-refractivity contribution in [1.82, 2.24) is 4.31 Å². The monoisotopic (exact) mass is 325 g/mol. The van der Waals surface area contributed by atoms with E-state index in [0.717, 1.165) is 8.66 Å². The van der Waals surface area contributed by atoms with Crippen molar-refractivity contribution in [3.63, 3.8) is 0 Å². The highest BCUT2D eigenvalue weighted by molar-refractivity contribution is 9.11. The van der Waals surface area contributed by atoms with E-state index in [0.29, 0.717) is 17.9 Å². The number of aliphatic hydroxyl groups excluding tert-OH is 1. The Morgan fingerprint density at radius 3 is 2.75 bits per heavy atom. The number of hydrogen-bond donors (Lipinski definition) is 1. The van der Waals surface area contributed by atoms with E-state index in [4.69, 9.17) is 0 Å². The molecule has 1 aliphatic rings. The van der Waals surface area contributed by atoms with Crippen LogP contribution in [-0.2, 0) is 10.0 Å². The second kappa shape index (κ2) is 4.38. The maximum Gasteiger partial charge on any atom is 0.244 e. The molecule has 1 aromatic heterocycles. The molecule has 1 atom stereocenters. The summed E-state index contributed by atoms with van der Waals surface area (Å²) in [6.07, 6.45) is -0.0130. The maximum atomic E-state index is 12.2. The molecule has 0 saturated carbocycles. The zero-order valence-corrected chi connectivity index (χ0v) is 11.9. The van der Waals surface area contributed by atoms with Gasteiger partial charge < -0.3 is 5.11 Å². The number of β-amino-alcohol motifs (C(OH)–C–C–N with tert-alkyl or cyclic N) is 1. The molecule has 1 aromatic rings. The van der Waals surface area contributed by atoms with Crippen molar-refractivity contribution in [2.24, 2.45) is 0 Å². The van der Waals surface area contributed by atoms with Gasteiger partial charge in [-0.25, -0.2) is 8.42 Å².